The van der Waals surface area contributed by atoms with Gasteiger partial charge in [0.2, 0.25) is 0 Å². The average Bonchev–Trinajstić information content (AvgIpc) is 2.78. The highest BCUT2D eigenvalue weighted by Gasteiger charge is 2.22. The van der Waals surface area contributed by atoms with E-state index in [9.17, 15) is 0 Å². The van der Waals surface area contributed by atoms with Crippen LogP contribution in [-0.2, 0) is 4.84 Å². The van der Waals surface area contributed by atoms with Crippen LogP contribution in [0.2, 0.25) is 0 Å². The Morgan fingerprint density at radius 1 is 1.62 bits per heavy atom. The lowest BCUT2D eigenvalue weighted by atomic mass is 9.93. The van der Waals surface area contributed by atoms with Crippen LogP contribution in [0.15, 0.2) is 29.0 Å². The molecule has 0 fully saturated rings. The number of hydrogen-bond acceptors (Lipinski definition) is 3. The molecule has 1 aliphatic heterocycles. The van der Waals surface area contributed by atoms with E-state index >= 15 is 0 Å². The molecule has 16 heavy (non-hydrogen) atoms. The Hall–Kier alpha value is -1.56. The summed E-state index contributed by atoms with van der Waals surface area (Å²) in [5, 5.41) is 12.9. The van der Waals surface area contributed by atoms with Gasteiger partial charge in [0.1, 0.15) is 6.10 Å². The Balaban J connectivity index is 1.94. The lowest BCUT2D eigenvalue weighted by Gasteiger charge is -2.09. The molecule has 1 aliphatic carbocycles. The number of allylic oxidation sites excluding steroid dienone is 4. The zero-order chi connectivity index (χ0) is 11.4. The van der Waals surface area contributed by atoms with Gasteiger partial charge in [-0.05, 0) is 18.4 Å². The van der Waals surface area contributed by atoms with Crippen LogP contribution in [0, 0.1) is 17.2 Å². The molecule has 0 amide bonds. The maximum atomic E-state index is 8.77. The largest absolute Gasteiger partial charge is 0.392 e. The molecule has 0 aromatic carbocycles. The van der Waals surface area contributed by atoms with E-state index in [2.05, 4.69) is 24.2 Å². The quantitative estimate of drug-likeness (QED) is 0.728. The van der Waals surface area contributed by atoms with Gasteiger partial charge >= 0.3 is 0 Å². The monoisotopic (exact) mass is 216 g/mol. The molecular weight excluding hydrogens is 200 g/mol. The second-order valence-corrected chi connectivity index (χ2v) is 4.25. The summed E-state index contributed by atoms with van der Waals surface area (Å²) in [6.45, 7) is 2.15. The fourth-order valence-electron chi connectivity index (χ4n) is 2.01. The summed E-state index contributed by atoms with van der Waals surface area (Å²) in [4.78, 5) is 5.36. The molecule has 0 saturated heterocycles. The first-order chi connectivity index (χ1) is 7.83. The highest BCUT2D eigenvalue weighted by molar-refractivity contribution is 6.03. The molecule has 0 radical (unpaired) electrons. The SMILES string of the molecule is CCCC1CC(C2=CCC(C#N)C=C2)=NO1. The van der Waals surface area contributed by atoms with E-state index in [1.165, 1.54) is 0 Å². The van der Waals surface area contributed by atoms with Crippen LogP contribution < -0.4 is 0 Å². The second-order valence-electron chi connectivity index (χ2n) is 4.25. The van der Waals surface area contributed by atoms with Crippen molar-refractivity contribution in [3.63, 3.8) is 0 Å². The van der Waals surface area contributed by atoms with Gasteiger partial charge in [-0.1, -0.05) is 36.7 Å². The number of hydrogen-bond donors (Lipinski definition) is 0. The molecule has 0 spiro atoms. The van der Waals surface area contributed by atoms with Crippen LogP contribution >= 0.6 is 0 Å². The lowest BCUT2D eigenvalue weighted by Crippen LogP contribution is -2.09. The minimum Gasteiger partial charge on any atom is -0.392 e. The van der Waals surface area contributed by atoms with Gasteiger partial charge in [-0.3, -0.25) is 0 Å². The molecule has 0 saturated carbocycles. The Morgan fingerprint density at radius 2 is 2.50 bits per heavy atom. The molecule has 2 rings (SSSR count). The molecule has 3 nitrogen and oxygen atoms in total. The van der Waals surface area contributed by atoms with E-state index < -0.39 is 0 Å². The van der Waals surface area contributed by atoms with Crippen LogP contribution in [0.3, 0.4) is 0 Å². The normalized spacial score (nSPS) is 28.0. The number of nitrogens with zero attached hydrogens (tertiary/aromatic N) is 2. The molecule has 0 aromatic rings. The molecule has 2 unspecified atom stereocenters. The Kier molecular flexibility index (Phi) is 3.40. The first-order valence-electron chi connectivity index (χ1n) is 5.84. The van der Waals surface area contributed by atoms with Crippen LogP contribution in [0.4, 0.5) is 0 Å². The minimum atomic E-state index is 0.0260. The zero-order valence-electron chi connectivity index (χ0n) is 9.52. The predicted octanol–water partition coefficient (Wildman–Crippen LogP) is 2.96. The molecule has 3 heteroatoms. The van der Waals surface area contributed by atoms with Crippen molar-refractivity contribution in [1.82, 2.24) is 0 Å². The topological polar surface area (TPSA) is 45.4 Å². The van der Waals surface area contributed by atoms with E-state index in [-0.39, 0.29) is 12.0 Å². The molecule has 1 heterocycles. The van der Waals surface area contributed by atoms with E-state index in [4.69, 9.17) is 10.1 Å². The molecular formula is C13H16N2O. The molecule has 0 bridgehead atoms. The minimum absolute atomic E-state index is 0.0260. The maximum absolute atomic E-state index is 8.77. The summed E-state index contributed by atoms with van der Waals surface area (Å²) in [5.41, 5.74) is 2.16. The molecule has 84 valence electrons. The molecule has 2 atom stereocenters. The van der Waals surface area contributed by atoms with Crippen LogP contribution in [0.25, 0.3) is 0 Å². The van der Waals surface area contributed by atoms with Gasteiger partial charge in [-0.25, -0.2) is 0 Å². The van der Waals surface area contributed by atoms with Crippen LogP contribution in [0.1, 0.15) is 32.6 Å². The van der Waals surface area contributed by atoms with Gasteiger partial charge in [0.05, 0.1) is 17.7 Å². The summed E-state index contributed by atoms with van der Waals surface area (Å²) >= 11 is 0. The van der Waals surface area contributed by atoms with Crippen molar-refractivity contribution < 1.29 is 4.84 Å². The second kappa shape index (κ2) is 4.98. The van der Waals surface area contributed by atoms with Gasteiger partial charge < -0.3 is 4.84 Å². The smallest absolute Gasteiger partial charge is 0.133 e. The van der Waals surface area contributed by atoms with Gasteiger partial charge in [-0.15, -0.1) is 0 Å². The Bertz CT molecular complexity index is 387. The number of oxime groups is 1. The highest BCUT2D eigenvalue weighted by Crippen LogP contribution is 2.24. The van der Waals surface area contributed by atoms with Gasteiger partial charge in [0.15, 0.2) is 0 Å². The van der Waals surface area contributed by atoms with Crippen molar-refractivity contribution in [2.75, 3.05) is 0 Å². The summed E-state index contributed by atoms with van der Waals surface area (Å²) < 4.78 is 0. The standard InChI is InChI=1S/C13H16N2O/c1-2-3-12-8-13(15-16-12)11-6-4-10(9-14)5-7-11/h4,6-7,10,12H,2-3,5,8H2,1H3. The van der Waals surface area contributed by atoms with Crippen molar-refractivity contribution >= 4 is 5.71 Å². The van der Waals surface area contributed by atoms with E-state index in [1.54, 1.807) is 0 Å². The summed E-state index contributed by atoms with van der Waals surface area (Å²) in [7, 11) is 0. The predicted molar refractivity (Wildman–Crippen MR) is 62.8 cm³/mol. The summed E-state index contributed by atoms with van der Waals surface area (Å²) in [6.07, 6.45) is 10.2. The lowest BCUT2D eigenvalue weighted by molar-refractivity contribution is 0.0786. The molecule has 0 aromatic heterocycles. The molecule has 2 aliphatic rings. The van der Waals surface area contributed by atoms with Crippen LogP contribution in [0.5, 0.6) is 0 Å². The van der Waals surface area contributed by atoms with Gasteiger partial charge in [0, 0.05) is 6.42 Å². The van der Waals surface area contributed by atoms with E-state index in [1.807, 2.05) is 12.2 Å². The van der Waals surface area contributed by atoms with E-state index in [0.29, 0.717) is 0 Å². The zero-order valence-corrected chi connectivity index (χ0v) is 9.52. The van der Waals surface area contributed by atoms with Crippen molar-refractivity contribution in [2.24, 2.45) is 11.1 Å². The van der Waals surface area contributed by atoms with Crippen molar-refractivity contribution in [2.45, 2.75) is 38.7 Å². The first-order valence-corrected chi connectivity index (χ1v) is 5.84. The fraction of sp³-hybridized carbons (Fsp3) is 0.538. The van der Waals surface area contributed by atoms with Gasteiger partial charge in [-0.2, -0.15) is 5.26 Å². The van der Waals surface area contributed by atoms with Crippen LogP contribution in [-0.4, -0.2) is 11.8 Å². The summed E-state index contributed by atoms with van der Waals surface area (Å²) in [6, 6.07) is 2.24. The number of nitriles is 1. The third-order valence-electron chi connectivity index (χ3n) is 2.94. The van der Waals surface area contributed by atoms with Crippen molar-refractivity contribution in [1.29, 1.82) is 5.26 Å². The third kappa shape index (κ3) is 2.33. The van der Waals surface area contributed by atoms with Crippen molar-refractivity contribution in [3.05, 3.63) is 23.8 Å². The fourth-order valence-corrected chi connectivity index (χ4v) is 2.01. The molecule has 0 N–H and O–H groups in total. The van der Waals surface area contributed by atoms with Crippen molar-refractivity contribution in [3.8, 4) is 6.07 Å². The number of rotatable bonds is 3. The third-order valence-corrected chi connectivity index (χ3v) is 2.94. The Morgan fingerprint density at radius 3 is 3.12 bits per heavy atom. The first kappa shape index (κ1) is 10.9. The Labute approximate surface area is 96.1 Å². The van der Waals surface area contributed by atoms with E-state index in [0.717, 1.165) is 37.0 Å². The average molecular weight is 216 g/mol. The van der Waals surface area contributed by atoms with Gasteiger partial charge in [0.25, 0.3) is 0 Å². The summed E-state index contributed by atoms with van der Waals surface area (Å²) in [5.74, 6) is 0.0260. The highest BCUT2D eigenvalue weighted by atomic mass is 16.6. The maximum Gasteiger partial charge on any atom is 0.133 e.